The van der Waals surface area contributed by atoms with Crippen LogP contribution in [0.4, 0.5) is 11.5 Å². The van der Waals surface area contributed by atoms with Gasteiger partial charge in [0.15, 0.2) is 11.6 Å². The maximum atomic E-state index is 10.2. The molecule has 1 amide bonds. The van der Waals surface area contributed by atoms with Gasteiger partial charge >= 0.3 is 0 Å². The van der Waals surface area contributed by atoms with Gasteiger partial charge in [-0.15, -0.1) is 0 Å². The SMILES string of the molecule is C=C(NC)c1ccc(N2CCOc3cc(CCCCCNC=O)cnc32)cn1. The van der Waals surface area contributed by atoms with Crippen molar-refractivity contribution in [1.82, 2.24) is 20.6 Å². The van der Waals surface area contributed by atoms with Crippen LogP contribution in [-0.4, -0.2) is 43.1 Å². The zero-order valence-corrected chi connectivity index (χ0v) is 16.3. The third-order valence-electron chi connectivity index (χ3n) is 4.76. The van der Waals surface area contributed by atoms with Gasteiger partial charge in [0.1, 0.15) is 6.61 Å². The Morgan fingerprint density at radius 2 is 2.18 bits per heavy atom. The summed E-state index contributed by atoms with van der Waals surface area (Å²) in [5.74, 6) is 1.64. The summed E-state index contributed by atoms with van der Waals surface area (Å²) >= 11 is 0. The van der Waals surface area contributed by atoms with Crippen molar-refractivity contribution in [3.05, 3.63) is 48.4 Å². The minimum atomic E-state index is 0.612. The Labute approximate surface area is 165 Å². The lowest BCUT2D eigenvalue weighted by atomic mass is 10.1. The van der Waals surface area contributed by atoms with Crippen LogP contribution >= 0.6 is 0 Å². The predicted octanol–water partition coefficient (Wildman–Crippen LogP) is 2.66. The Hall–Kier alpha value is -3.09. The second-order valence-corrected chi connectivity index (χ2v) is 6.68. The average Bonchev–Trinajstić information content (AvgIpc) is 2.75. The number of nitrogens with zero attached hydrogens (tertiary/aromatic N) is 3. The van der Waals surface area contributed by atoms with Crippen molar-refractivity contribution in [2.75, 3.05) is 31.6 Å². The van der Waals surface area contributed by atoms with Crippen molar-refractivity contribution >= 4 is 23.6 Å². The van der Waals surface area contributed by atoms with Crippen LogP contribution in [0.3, 0.4) is 0 Å². The molecule has 0 atom stereocenters. The topological polar surface area (TPSA) is 79.4 Å². The summed E-state index contributed by atoms with van der Waals surface area (Å²) in [6.45, 7) is 6.02. The van der Waals surface area contributed by atoms with Crippen LogP contribution in [0, 0.1) is 0 Å². The summed E-state index contributed by atoms with van der Waals surface area (Å²) in [4.78, 5) is 21.5. The molecular weight excluding hydrogens is 354 g/mol. The van der Waals surface area contributed by atoms with Crippen molar-refractivity contribution in [1.29, 1.82) is 0 Å². The highest BCUT2D eigenvalue weighted by Crippen LogP contribution is 2.35. The molecule has 1 aliphatic heterocycles. The molecule has 3 rings (SSSR count). The van der Waals surface area contributed by atoms with Crippen LogP contribution in [0.15, 0.2) is 37.2 Å². The first kappa shape index (κ1) is 19.7. The van der Waals surface area contributed by atoms with Gasteiger partial charge in [-0.1, -0.05) is 13.0 Å². The van der Waals surface area contributed by atoms with E-state index in [9.17, 15) is 4.79 Å². The van der Waals surface area contributed by atoms with Gasteiger partial charge in [-0.25, -0.2) is 4.98 Å². The number of rotatable bonds is 10. The molecule has 1 aliphatic rings. The van der Waals surface area contributed by atoms with Crippen molar-refractivity contribution < 1.29 is 9.53 Å². The van der Waals surface area contributed by atoms with Gasteiger partial charge in [0.25, 0.3) is 0 Å². The van der Waals surface area contributed by atoms with Crippen molar-refractivity contribution in [2.24, 2.45) is 0 Å². The fraction of sp³-hybridized carbons (Fsp3) is 0.381. The molecule has 0 aliphatic carbocycles. The Bertz CT molecular complexity index is 807. The number of anilines is 2. The highest BCUT2D eigenvalue weighted by molar-refractivity contribution is 5.68. The third kappa shape index (κ3) is 4.79. The van der Waals surface area contributed by atoms with E-state index < -0.39 is 0 Å². The lowest BCUT2D eigenvalue weighted by molar-refractivity contribution is -0.109. The minimum Gasteiger partial charge on any atom is -0.488 e. The molecule has 0 saturated carbocycles. The van der Waals surface area contributed by atoms with Gasteiger partial charge in [-0.2, -0.15) is 0 Å². The zero-order chi connectivity index (χ0) is 19.8. The first-order chi connectivity index (χ1) is 13.7. The molecule has 7 heteroatoms. The smallest absolute Gasteiger partial charge is 0.207 e. The van der Waals surface area contributed by atoms with E-state index in [4.69, 9.17) is 4.74 Å². The Morgan fingerprint density at radius 3 is 2.93 bits per heavy atom. The Kier molecular flexibility index (Phi) is 6.84. The standard InChI is InChI=1S/C21H27N5O2/c1-16(22-2)19-8-7-18(14-24-19)26-10-11-28-20-12-17(13-25-21(20)26)6-4-3-5-9-23-15-27/h7-8,12-15,22H,1,3-6,9-11H2,2H3,(H,23,27). The number of amides is 1. The van der Waals surface area contributed by atoms with Crippen molar-refractivity contribution in [3.63, 3.8) is 0 Å². The lowest BCUT2D eigenvalue weighted by Crippen LogP contribution is -2.29. The molecule has 0 radical (unpaired) electrons. The van der Waals surface area contributed by atoms with E-state index in [1.807, 2.05) is 31.6 Å². The van der Waals surface area contributed by atoms with Gasteiger partial charge in [-0.05, 0) is 43.0 Å². The van der Waals surface area contributed by atoms with Gasteiger partial charge in [0, 0.05) is 19.8 Å². The van der Waals surface area contributed by atoms with E-state index in [0.29, 0.717) is 6.61 Å². The highest BCUT2D eigenvalue weighted by Gasteiger charge is 2.21. The molecule has 2 N–H and O–H groups in total. The number of nitrogens with one attached hydrogen (secondary N) is 2. The molecule has 0 saturated heterocycles. The molecule has 0 spiro atoms. The molecule has 7 nitrogen and oxygen atoms in total. The highest BCUT2D eigenvalue weighted by atomic mass is 16.5. The number of hydrogen-bond donors (Lipinski definition) is 2. The minimum absolute atomic E-state index is 0.612. The van der Waals surface area contributed by atoms with E-state index in [-0.39, 0.29) is 0 Å². The molecule has 0 aromatic carbocycles. The van der Waals surface area contributed by atoms with E-state index in [2.05, 4.69) is 38.1 Å². The zero-order valence-electron chi connectivity index (χ0n) is 16.3. The van der Waals surface area contributed by atoms with Gasteiger partial charge in [0.05, 0.1) is 29.8 Å². The fourth-order valence-corrected chi connectivity index (χ4v) is 3.17. The lowest BCUT2D eigenvalue weighted by Gasteiger charge is -2.30. The monoisotopic (exact) mass is 381 g/mol. The molecule has 148 valence electrons. The fourth-order valence-electron chi connectivity index (χ4n) is 3.17. The molecule has 0 unspecified atom stereocenters. The number of carbonyl (C=O) groups excluding carboxylic acids is 1. The Balaban J connectivity index is 1.65. The number of fused-ring (bicyclic) bond motifs is 1. The largest absolute Gasteiger partial charge is 0.488 e. The second-order valence-electron chi connectivity index (χ2n) is 6.68. The number of hydrogen-bond acceptors (Lipinski definition) is 6. The van der Waals surface area contributed by atoms with E-state index in [1.54, 1.807) is 0 Å². The van der Waals surface area contributed by atoms with Gasteiger partial charge in [0.2, 0.25) is 6.41 Å². The number of ether oxygens (including phenoxy) is 1. The summed E-state index contributed by atoms with van der Waals surface area (Å²) in [5.41, 5.74) is 3.77. The van der Waals surface area contributed by atoms with Gasteiger partial charge in [-0.3, -0.25) is 9.78 Å². The molecule has 2 aromatic heterocycles. The van der Waals surface area contributed by atoms with E-state index in [1.165, 1.54) is 5.56 Å². The average molecular weight is 381 g/mol. The maximum Gasteiger partial charge on any atom is 0.207 e. The molecule has 28 heavy (non-hydrogen) atoms. The summed E-state index contributed by atoms with van der Waals surface area (Å²) in [6, 6.07) is 6.07. The Morgan fingerprint density at radius 1 is 1.29 bits per heavy atom. The maximum absolute atomic E-state index is 10.2. The van der Waals surface area contributed by atoms with Crippen molar-refractivity contribution in [2.45, 2.75) is 25.7 Å². The van der Waals surface area contributed by atoms with Crippen molar-refractivity contribution in [3.8, 4) is 5.75 Å². The normalized spacial score (nSPS) is 12.7. The van der Waals surface area contributed by atoms with E-state index >= 15 is 0 Å². The number of aromatic nitrogens is 2. The molecule has 0 bridgehead atoms. The quantitative estimate of drug-likeness (QED) is 0.487. The number of aryl methyl sites for hydroxylation is 1. The number of unbranched alkanes of at least 4 members (excludes halogenated alkanes) is 2. The molecule has 0 fully saturated rings. The molecule has 2 aromatic rings. The first-order valence-electron chi connectivity index (χ1n) is 9.62. The summed E-state index contributed by atoms with van der Waals surface area (Å²) in [5, 5.41) is 5.70. The second kappa shape index (κ2) is 9.73. The summed E-state index contributed by atoms with van der Waals surface area (Å²) in [7, 11) is 1.83. The predicted molar refractivity (Wildman–Crippen MR) is 111 cm³/mol. The summed E-state index contributed by atoms with van der Waals surface area (Å²) in [6.07, 6.45) is 8.59. The molecule has 3 heterocycles. The number of pyridine rings is 2. The van der Waals surface area contributed by atoms with Crippen LogP contribution in [0.1, 0.15) is 30.5 Å². The summed E-state index contributed by atoms with van der Waals surface area (Å²) < 4.78 is 5.86. The van der Waals surface area contributed by atoms with Crippen LogP contribution < -0.4 is 20.3 Å². The molecular formula is C21H27N5O2. The third-order valence-corrected chi connectivity index (χ3v) is 4.76. The number of carbonyl (C=O) groups is 1. The van der Waals surface area contributed by atoms with E-state index in [0.717, 1.165) is 73.8 Å². The van der Waals surface area contributed by atoms with Crippen LogP contribution in [0.2, 0.25) is 0 Å². The van der Waals surface area contributed by atoms with Crippen LogP contribution in [0.5, 0.6) is 5.75 Å². The van der Waals surface area contributed by atoms with Gasteiger partial charge < -0.3 is 20.3 Å². The first-order valence-corrected chi connectivity index (χ1v) is 9.62. The van der Waals surface area contributed by atoms with Crippen LogP contribution in [-0.2, 0) is 11.2 Å². The van der Waals surface area contributed by atoms with Crippen LogP contribution in [0.25, 0.3) is 5.70 Å².